The Morgan fingerprint density at radius 3 is 2.58 bits per heavy atom. The standard InChI is InChI=1S/C19H27FN6/c1-16(15-26-9-3-8-23-26)14-22-19(21-2)25-12-10-24(11-13-25)18-6-4-17(20)5-7-18/h3-9,16H,10-15H2,1-2H3,(H,21,22). The molecule has 3 rings (SSSR count). The average molecular weight is 358 g/mol. The normalized spacial score (nSPS) is 16.7. The molecule has 140 valence electrons. The van der Waals surface area contributed by atoms with Crippen molar-refractivity contribution in [1.29, 1.82) is 0 Å². The summed E-state index contributed by atoms with van der Waals surface area (Å²) in [5, 5.41) is 7.74. The fourth-order valence-electron chi connectivity index (χ4n) is 3.22. The SMILES string of the molecule is CN=C(NCC(C)Cn1cccn1)N1CCN(c2ccc(F)cc2)CC1. The predicted molar refractivity (Wildman–Crippen MR) is 103 cm³/mol. The van der Waals surface area contributed by atoms with Gasteiger partial charge in [0, 0.05) is 64.4 Å². The minimum atomic E-state index is -0.193. The van der Waals surface area contributed by atoms with E-state index in [1.54, 1.807) is 6.20 Å². The fraction of sp³-hybridized carbons (Fsp3) is 0.474. The van der Waals surface area contributed by atoms with Crippen molar-refractivity contribution in [3.05, 3.63) is 48.5 Å². The van der Waals surface area contributed by atoms with Crippen LogP contribution < -0.4 is 10.2 Å². The van der Waals surface area contributed by atoms with Gasteiger partial charge in [-0.2, -0.15) is 5.10 Å². The Bertz CT molecular complexity index is 689. The summed E-state index contributed by atoms with van der Waals surface area (Å²) >= 11 is 0. The summed E-state index contributed by atoms with van der Waals surface area (Å²) in [7, 11) is 1.83. The summed E-state index contributed by atoms with van der Waals surface area (Å²) in [6.07, 6.45) is 3.79. The van der Waals surface area contributed by atoms with E-state index in [9.17, 15) is 4.39 Å². The van der Waals surface area contributed by atoms with Crippen molar-refractivity contribution >= 4 is 11.6 Å². The topological polar surface area (TPSA) is 48.7 Å². The number of halogens is 1. The van der Waals surface area contributed by atoms with E-state index < -0.39 is 0 Å². The minimum Gasteiger partial charge on any atom is -0.368 e. The van der Waals surface area contributed by atoms with Crippen LogP contribution in [0.25, 0.3) is 0 Å². The highest BCUT2D eigenvalue weighted by Crippen LogP contribution is 2.17. The third-order valence-corrected chi connectivity index (χ3v) is 4.65. The molecular formula is C19H27FN6. The number of nitrogens with zero attached hydrogens (tertiary/aromatic N) is 5. The predicted octanol–water partition coefficient (Wildman–Crippen LogP) is 2.06. The number of nitrogens with one attached hydrogen (secondary N) is 1. The number of rotatable bonds is 5. The third kappa shape index (κ3) is 4.74. The van der Waals surface area contributed by atoms with Crippen LogP contribution in [-0.2, 0) is 6.54 Å². The Balaban J connectivity index is 1.46. The number of aliphatic imine (C=N–C) groups is 1. The summed E-state index contributed by atoms with van der Waals surface area (Å²) in [5.74, 6) is 1.20. The van der Waals surface area contributed by atoms with Gasteiger partial charge in [0.15, 0.2) is 5.96 Å². The first-order valence-corrected chi connectivity index (χ1v) is 9.09. The number of hydrogen-bond acceptors (Lipinski definition) is 3. The van der Waals surface area contributed by atoms with Crippen LogP contribution in [0.2, 0.25) is 0 Å². The molecule has 1 aliphatic heterocycles. The van der Waals surface area contributed by atoms with E-state index in [0.29, 0.717) is 5.92 Å². The molecule has 0 saturated carbocycles. The zero-order valence-electron chi connectivity index (χ0n) is 15.5. The lowest BCUT2D eigenvalue weighted by Crippen LogP contribution is -2.53. The summed E-state index contributed by atoms with van der Waals surface area (Å²) in [4.78, 5) is 8.99. The lowest BCUT2D eigenvalue weighted by Gasteiger charge is -2.38. The molecule has 1 aromatic heterocycles. The van der Waals surface area contributed by atoms with Gasteiger partial charge in [0.25, 0.3) is 0 Å². The van der Waals surface area contributed by atoms with Gasteiger partial charge in [-0.3, -0.25) is 9.67 Å². The first kappa shape index (κ1) is 18.2. The van der Waals surface area contributed by atoms with Crippen molar-refractivity contribution in [3.8, 4) is 0 Å². The Morgan fingerprint density at radius 1 is 1.23 bits per heavy atom. The maximum atomic E-state index is 13.1. The third-order valence-electron chi connectivity index (χ3n) is 4.65. The van der Waals surface area contributed by atoms with Crippen molar-refractivity contribution in [2.45, 2.75) is 13.5 Å². The van der Waals surface area contributed by atoms with E-state index >= 15 is 0 Å². The second-order valence-electron chi connectivity index (χ2n) is 6.71. The van der Waals surface area contributed by atoms with E-state index in [1.807, 2.05) is 36.1 Å². The molecule has 0 radical (unpaired) electrons. The first-order chi connectivity index (χ1) is 12.7. The smallest absolute Gasteiger partial charge is 0.193 e. The van der Waals surface area contributed by atoms with Crippen LogP contribution >= 0.6 is 0 Å². The van der Waals surface area contributed by atoms with Crippen LogP contribution in [0.5, 0.6) is 0 Å². The van der Waals surface area contributed by atoms with E-state index in [2.05, 4.69) is 32.1 Å². The largest absolute Gasteiger partial charge is 0.368 e. The number of aromatic nitrogens is 2. The van der Waals surface area contributed by atoms with E-state index in [4.69, 9.17) is 0 Å². The molecule has 6 nitrogen and oxygen atoms in total. The molecular weight excluding hydrogens is 331 g/mol. The van der Waals surface area contributed by atoms with Gasteiger partial charge in [-0.1, -0.05) is 6.92 Å². The molecule has 7 heteroatoms. The van der Waals surface area contributed by atoms with Gasteiger partial charge in [0.1, 0.15) is 5.82 Å². The first-order valence-electron chi connectivity index (χ1n) is 9.09. The van der Waals surface area contributed by atoms with Gasteiger partial charge in [0.05, 0.1) is 0 Å². The van der Waals surface area contributed by atoms with Gasteiger partial charge in [-0.25, -0.2) is 4.39 Å². The van der Waals surface area contributed by atoms with Crippen LogP contribution in [-0.4, -0.2) is 60.4 Å². The minimum absolute atomic E-state index is 0.193. The van der Waals surface area contributed by atoms with Gasteiger partial charge in [-0.15, -0.1) is 0 Å². The summed E-state index contributed by atoms with van der Waals surface area (Å²) in [6.45, 7) is 7.52. The second kappa shape index (κ2) is 8.69. The fourth-order valence-corrected chi connectivity index (χ4v) is 3.22. The number of anilines is 1. The van der Waals surface area contributed by atoms with E-state index in [1.165, 1.54) is 12.1 Å². The Morgan fingerprint density at radius 2 is 1.96 bits per heavy atom. The van der Waals surface area contributed by atoms with Crippen LogP contribution in [0, 0.1) is 11.7 Å². The molecule has 1 atom stereocenters. The van der Waals surface area contributed by atoms with Crippen molar-refractivity contribution < 1.29 is 4.39 Å². The van der Waals surface area contributed by atoms with Gasteiger partial charge >= 0.3 is 0 Å². The summed E-state index contributed by atoms with van der Waals surface area (Å²) < 4.78 is 15.0. The molecule has 0 amide bonds. The van der Waals surface area contributed by atoms with Crippen molar-refractivity contribution in [2.75, 3.05) is 44.7 Å². The monoisotopic (exact) mass is 358 g/mol. The molecule has 1 N–H and O–H groups in total. The van der Waals surface area contributed by atoms with Gasteiger partial charge in [0.2, 0.25) is 0 Å². The molecule has 2 heterocycles. The maximum absolute atomic E-state index is 13.1. The molecule has 1 unspecified atom stereocenters. The molecule has 2 aromatic rings. The lowest BCUT2D eigenvalue weighted by atomic mass is 10.2. The number of benzene rings is 1. The molecule has 1 aromatic carbocycles. The zero-order chi connectivity index (χ0) is 18.4. The summed E-state index contributed by atoms with van der Waals surface area (Å²) in [6, 6.07) is 8.66. The molecule has 1 saturated heterocycles. The van der Waals surface area contributed by atoms with Crippen LogP contribution in [0.3, 0.4) is 0 Å². The van der Waals surface area contributed by atoms with E-state index in [0.717, 1.165) is 50.9 Å². The summed E-state index contributed by atoms with van der Waals surface area (Å²) in [5.41, 5.74) is 1.07. The Hall–Kier alpha value is -2.57. The highest BCUT2D eigenvalue weighted by molar-refractivity contribution is 5.80. The molecule has 0 aliphatic carbocycles. The van der Waals surface area contributed by atoms with Crippen LogP contribution in [0.1, 0.15) is 6.92 Å². The molecule has 0 bridgehead atoms. The molecule has 1 aliphatic rings. The lowest BCUT2D eigenvalue weighted by molar-refractivity contribution is 0.364. The van der Waals surface area contributed by atoms with Crippen LogP contribution in [0.4, 0.5) is 10.1 Å². The van der Waals surface area contributed by atoms with Crippen LogP contribution in [0.15, 0.2) is 47.7 Å². The van der Waals surface area contributed by atoms with Gasteiger partial charge in [-0.05, 0) is 36.2 Å². The van der Waals surface area contributed by atoms with Crippen molar-refractivity contribution in [3.63, 3.8) is 0 Å². The Labute approximate surface area is 154 Å². The highest BCUT2D eigenvalue weighted by Gasteiger charge is 2.20. The van der Waals surface area contributed by atoms with Crippen molar-refractivity contribution in [2.24, 2.45) is 10.9 Å². The molecule has 1 fully saturated rings. The highest BCUT2D eigenvalue weighted by atomic mass is 19.1. The molecule has 26 heavy (non-hydrogen) atoms. The van der Waals surface area contributed by atoms with Crippen molar-refractivity contribution in [1.82, 2.24) is 20.0 Å². The van der Waals surface area contributed by atoms with E-state index in [-0.39, 0.29) is 5.82 Å². The van der Waals surface area contributed by atoms with Gasteiger partial charge < -0.3 is 15.1 Å². The number of guanidine groups is 1. The number of hydrogen-bond donors (Lipinski definition) is 1. The average Bonchev–Trinajstić information content (AvgIpc) is 3.16. The number of piperazine rings is 1. The maximum Gasteiger partial charge on any atom is 0.193 e. The zero-order valence-corrected chi connectivity index (χ0v) is 15.5. The molecule has 0 spiro atoms. The Kier molecular flexibility index (Phi) is 6.09. The quantitative estimate of drug-likeness (QED) is 0.657. The second-order valence-corrected chi connectivity index (χ2v) is 6.71.